The average Bonchev–Trinajstić information content (AvgIpc) is 2.80. The van der Waals surface area contributed by atoms with Crippen LogP contribution in [0.5, 0.6) is 0 Å². The van der Waals surface area contributed by atoms with Gasteiger partial charge in [-0.05, 0) is 44.4 Å². The highest BCUT2D eigenvalue weighted by Crippen LogP contribution is 2.26. The average molecular weight is 248 g/mol. The highest BCUT2D eigenvalue weighted by atomic mass is 35.5. The van der Waals surface area contributed by atoms with Crippen molar-refractivity contribution in [3.05, 3.63) is 0 Å². The van der Waals surface area contributed by atoms with Crippen molar-refractivity contribution in [3.8, 4) is 0 Å². The van der Waals surface area contributed by atoms with Gasteiger partial charge in [0.25, 0.3) is 0 Å². The molecule has 96 valence electrons. The molecule has 0 bridgehead atoms. The van der Waals surface area contributed by atoms with E-state index in [2.05, 4.69) is 12.2 Å². The van der Waals surface area contributed by atoms with Crippen LogP contribution >= 0.6 is 12.4 Å². The molecule has 2 aliphatic rings. The molecule has 1 atom stereocenters. The van der Waals surface area contributed by atoms with Crippen molar-refractivity contribution in [2.45, 2.75) is 64.0 Å². The van der Waals surface area contributed by atoms with Gasteiger partial charge in [-0.1, -0.05) is 13.3 Å². The summed E-state index contributed by atoms with van der Waals surface area (Å²) in [7, 11) is 0. The molecule has 1 saturated heterocycles. The van der Waals surface area contributed by atoms with Crippen molar-refractivity contribution in [3.63, 3.8) is 0 Å². The monoisotopic (exact) mass is 247 g/mol. The third kappa shape index (κ3) is 4.23. The van der Waals surface area contributed by atoms with Crippen molar-refractivity contribution >= 4 is 12.4 Å². The molecule has 2 rings (SSSR count). The van der Waals surface area contributed by atoms with Crippen LogP contribution in [0.2, 0.25) is 0 Å². The molecule has 0 amide bonds. The molecule has 16 heavy (non-hydrogen) atoms. The molecule has 2 fully saturated rings. The highest BCUT2D eigenvalue weighted by Gasteiger charge is 2.21. The summed E-state index contributed by atoms with van der Waals surface area (Å²) in [6.07, 6.45) is 10.0. The minimum atomic E-state index is 0. The fraction of sp³-hybridized carbons (Fsp3) is 1.00. The Morgan fingerprint density at radius 3 is 2.44 bits per heavy atom. The molecule has 0 unspecified atom stereocenters. The third-order valence-corrected chi connectivity index (χ3v) is 4.08. The zero-order valence-corrected chi connectivity index (χ0v) is 11.2. The van der Waals surface area contributed by atoms with E-state index in [0.29, 0.717) is 6.10 Å². The predicted molar refractivity (Wildman–Crippen MR) is 70.3 cm³/mol. The summed E-state index contributed by atoms with van der Waals surface area (Å²) in [5.74, 6) is 1.01. The Hall–Kier alpha value is 0.210. The van der Waals surface area contributed by atoms with Crippen LogP contribution in [0.4, 0.5) is 0 Å². The van der Waals surface area contributed by atoms with E-state index in [1.807, 2.05) is 0 Å². The summed E-state index contributed by atoms with van der Waals surface area (Å²) in [4.78, 5) is 0. The van der Waals surface area contributed by atoms with E-state index in [4.69, 9.17) is 4.74 Å². The Kier molecular flexibility index (Phi) is 6.71. The molecule has 1 N–H and O–H groups in total. The van der Waals surface area contributed by atoms with Gasteiger partial charge in [0.05, 0.1) is 6.10 Å². The van der Waals surface area contributed by atoms with Crippen LogP contribution in [0.3, 0.4) is 0 Å². The lowest BCUT2D eigenvalue weighted by Gasteiger charge is -2.29. The first-order valence-corrected chi connectivity index (χ1v) is 6.73. The second-order valence-electron chi connectivity index (χ2n) is 5.17. The topological polar surface area (TPSA) is 21.3 Å². The van der Waals surface area contributed by atoms with Crippen LogP contribution in [0.25, 0.3) is 0 Å². The lowest BCUT2D eigenvalue weighted by molar-refractivity contribution is 0.104. The molecule has 0 aromatic carbocycles. The van der Waals surface area contributed by atoms with E-state index in [9.17, 15) is 0 Å². The summed E-state index contributed by atoms with van der Waals surface area (Å²) >= 11 is 0. The number of hydrogen-bond acceptors (Lipinski definition) is 2. The number of hydrogen-bond donors (Lipinski definition) is 1. The van der Waals surface area contributed by atoms with Gasteiger partial charge < -0.3 is 10.1 Å². The molecule has 0 aromatic heterocycles. The maximum Gasteiger partial charge on any atom is 0.0700 e. The molecular weight excluding hydrogens is 222 g/mol. The van der Waals surface area contributed by atoms with E-state index >= 15 is 0 Å². The molecule has 2 nitrogen and oxygen atoms in total. The first-order valence-electron chi connectivity index (χ1n) is 6.73. The Labute approximate surface area is 106 Å². The molecule has 1 aliphatic heterocycles. The minimum Gasteiger partial charge on any atom is -0.377 e. The van der Waals surface area contributed by atoms with Gasteiger partial charge in [-0.15, -0.1) is 12.4 Å². The van der Waals surface area contributed by atoms with Crippen molar-refractivity contribution < 1.29 is 4.74 Å². The molecule has 3 heteroatoms. The van der Waals surface area contributed by atoms with Gasteiger partial charge in [0.1, 0.15) is 0 Å². The fourth-order valence-electron chi connectivity index (χ4n) is 2.88. The van der Waals surface area contributed by atoms with Crippen molar-refractivity contribution in [2.24, 2.45) is 5.92 Å². The van der Waals surface area contributed by atoms with Crippen LogP contribution in [0.1, 0.15) is 51.9 Å². The van der Waals surface area contributed by atoms with Gasteiger partial charge in [-0.3, -0.25) is 0 Å². The zero-order chi connectivity index (χ0) is 10.5. The Bertz CT molecular complexity index is 175. The molecule has 1 heterocycles. The molecule has 1 aliphatic carbocycles. The van der Waals surface area contributed by atoms with Crippen LogP contribution in [0.15, 0.2) is 0 Å². The summed E-state index contributed by atoms with van der Waals surface area (Å²) in [5.41, 5.74) is 0. The first kappa shape index (κ1) is 14.3. The Morgan fingerprint density at radius 1 is 1.12 bits per heavy atom. The Morgan fingerprint density at radius 2 is 1.88 bits per heavy atom. The molecule has 0 aromatic rings. The lowest BCUT2D eigenvalue weighted by atomic mass is 9.84. The van der Waals surface area contributed by atoms with E-state index in [-0.39, 0.29) is 12.4 Å². The normalized spacial score (nSPS) is 34.7. The maximum atomic E-state index is 5.62. The van der Waals surface area contributed by atoms with Crippen LogP contribution < -0.4 is 5.32 Å². The summed E-state index contributed by atoms with van der Waals surface area (Å²) in [6.45, 7) is 4.39. The van der Waals surface area contributed by atoms with Crippen molar-refractivity contribution in [1.29, 1.82) is 0 Å². The number of nitrogens with one attached hydrogen (secondary N) is 1. The lowest BCUT2D eigenvalue weighted by Crippen LogP contribution is -2.37. The van der Waals surface area contributed by atoms with Gasteiger partial charge in [0.15, 0.2) is 0 Å². The quantitative estimate of drug-likeness (QED) is 0.824. The molecular formula is C13H26ClNO. The van der Waals surface area contributed by atoms with Gasteiger partial charge in [-0.2, -0.15) is 0 Å². The standard InChI is InChI=1S/C13H25NO.ClH/c1-2-11-5-7-12(8-6-11)14-10-13-4-3-9-15-13;/h11-14H,2-10H2,1H3;1H/t11?,12?,13-;/m1./s1. The van der Waals surface area contributed by atoms with E-state index in [1.54, 1.807) is 0 Å². The van der Waals surface area contributed by atoms with Crippen molar-refractivity contribution in [1.82, 2.24) is 5.32 Å². The fourth-order valence-corrected chi connectivity index (χ4v) is 2.88. The SMILES string of the molecule is CCC1CCC(NC[C@H]2CCCO2)CC1.Cl. The smallest absolute Gasteiger partial charge is 0.0700 e. The highest BCUT2D eigenvalue weighted by molar-refractivity contribution is 5.85. The second kappa shape index (κ2) is 7.52. The van der Waals surface area contributed by atoms with Gasteiger partial charge >= 0.3 is 0 Å². The largest absolute Gasteiger partial charge is 0.377 e. The maximum absolute atomic E-state index is 5.62. The minimum absolute atomic E-state index is 0. The van der Waals surface area contributed by atoms with Crippen LogP contribution in [-0.4, -0.2) is 25.3 Å². The number of halogens is 1. The predicted octanol–water partition coefficient (Wildman–Crippen LogP) is 3.15. The third-order valence-electron chi connectivity index (χ3n) is 4.08. The second-order valence-corrected chi connectivity index (χ2v) is 5.17. The molecule has 1 saturated carbocycles. The first-order chi connectivity index (χ1) is 7.38. The van der Waals surface area contributed by atoms with E-state index < -0.39 is 0 Å². The molecule has 0 radical (unpaired) electrons. The molecule has 0 spiro atoms. The van der Waals surface area contributed by atoms with Crippen LogP contribution in [0, 0.1) is 5.92 Å². The van der Waals surface area contributed by atoms with E-state index in [1.165, 1.54) is 44.9 Å². The summed E-state index contributed by atoms with van der Waals surface area (Å²) < 4.78 is 5.62. The number of ether oxygens (including phenoxy) is 1. The van der Waals surface area contributed by atoms with Gasteiger partial charge in [0, 0.05) is 19.2 Å². The zero-order valence-electron chi connectivity index (χ0n) is 10.4. The van der Waals surface area contributed by atoms with Gasteiger partial charge in [0.2, 0.25) is 0 Å². The summed E-state index contributed by atoms with van der Waals surface area (Å²) in [5, 5.41) is 3.68. The number of rotatable bonds is 4. The summed E-state index contributed by atoms with van der Waals surface area (Å²) in [6, 6.07) is 0.775. The van der Waals surface area contributed by atoms with Gasteiger partial charge in [-0.25, -0.2) is 0 Å². The van der Waals surface area contributed by atoms with Crippen LogP contribution in [-0.2, 0) is 4.74 Å². The Balaban J connectivity index is 0.00000128. The van der Waals surface area contributed by atoms with E-state index in [0.717, 1.165) is 25.1 Å². The van der Waals surface area contributed by atoms with Crippen molar-refractivity contribution in [2.75, 3.05) is 13.2 Å².